The van der Waals surface area contributed by atoms with Gasteiger partial charge in [0.25, 0.3) is 5.91 Å². The summed E-state index contributed by atoms with van der Waals surface area (Å²) >= 11 is 1.43. The lowest BCUT2D eigenvalue weighted by Gasteiger charge is -2.31. The maximum Gasteiger partial charge on any atom is 0.257 e. The molecule has 136 valence electrons. The highest BCUT2D eigenvalue weighted by molar-refractivity contribution is 7.15. The van der Waals surface area contributed by atoms with Crippen LogP contribution in [-0.2, 0) is 9.59 Å². The second-order valence-corrected chi connectivity index (χ2v) is 7.79. The van der Waals surface area contributed by atoms with E-state index in [9.17, 15) is 9.59 Å². The highest BCUT2D eigenvalue weighted by Crippen LogP contribution is 2.39. The van der Waals surface area contributed by atoms with Crippen molar-refractivity contribution in [1.29, 1.82) is 0 Å². The topological polar surface area (TPSA) is 111 Å². The number of carbonyl (C=O) groups excluding carboxylic acids is 2. The fraction of sp³-hybridized carbons (Fsp3) is 0.500. The number of nitrogens with two attached hydrogens (primary N) is 2. The number of nitrogens with one attached hydrogen (secondary N) is 1. The lowest BCUT2D eigenvalue weighted by Crippen LogP contribution is -2.37. The third kappa shape index (κ3) is 4.76. The number of nitrogens with zero attached hydrogens (tertiary/aromatic N) is 1. The standard InChI is InChI=1S/C18H26N4O2S/c1-12-10-18(16(20)24,7-4-3-5-9-19)8-6-14(12)15(23)22-17-21-11-13(2)25-17/h6,8,11H,3-5,7,9-10,19H2,1-2H3,(H2,20,24)(H,21,22,23). The maximum atomic E-state index is 12.5. The van der Waals surface area contributed by atoms with E-state index < -0.39 is 5.41 Å². The van der Waals surface area contributed by atoms with Crippen LogP contribution in [0.2, 0.25) is 0 Å². The van der Waals surface area contributed by atoms with E-state index in [-0.39, 0.29) is 11.8 Å². The van der Waals surface area contributed by atoms with E-state index >= 15 is 0 Å². The molecule has 1 unspecified atom stereocenters. The highest BCUT2D eigenvalue weighted by atomic mass is 32.1. The van der Waals surface area contributed by atoms with Crippen LogP contribution in [0, 0.1) is 12.3 Å². The first-order valence-corrected chi connectivity index (χ1v) is 9.32. The van der Waals surface area contributed by atoms with Crippen LogP contribution in [0.15, 0.2) is 29.5 Å². The summed E-state index contributed by atoms with van der Waals surface area (Å²) in [6, 6.07) is 0. The average Bonchev–Trinajstić information content (AvgIpc) is 2.96. The molecule has 7 heteroatoms. The minimum atomic E-state index is -0.708. The third-order valence-electron chi connectivity index (χ3n) is 4.51. The van der Waals surface area contributed by atoms with Crippen molar-refractivity contribution < 1.29 is 9.59 Å². The zero-order valence-corrected chi connectivity index (χ0v) is 15.6. The maximum absolute atomic E-state index is 12.5. The second kappa shape index (κ2) is 8.40. The molecule has 2 rings (SSSR count). The van der Waals surface area contributed by atoms with Crippen molar-refractivity contribution in [2.75, 3.05) is 11.9 Å². The summed E-state index contributed by atoms with van der Waals surface area (Å²) in [6.07, 6.45) is 9.19. The van der Waals surface area contributed by atoms with Crippen LogP contribution in [0.25, 0.3) is 0 Å². The van der Waals surface area contributed by atoms with Crippen molar-refractivity contribution in [3.8, 4) is 0 Å². The Bertz CT molecular complexity index is 708. The van der Waals surface area contributed by atoms with Gasteiger partial charge in [-0.3, -0.25) is 14.9 Å². The van der Waals surface area contributed by atoms with Crippen LogP contribution in [0.1, 0.15) is 43.9 Å². The second-order valence-electron chi connectivity index (χ2n) is 6.55. The minimum Gasteiger partial charge on any atom is -0.369 e. The van der Waals surface area contributed by atoms with Crippen molar-refractivity contribution in [3.05, 3.63) is 34.4 Å². The van der Waals surface area contributed by atoms with E-state index in [2.05, 4.69) is 10.3 Å². The van der Waals surface area contributed by atoms with Gasteiger partial charge in [-0.05, 0) is 39.7 Å². The molecule has 0 aromatic carbocycles. The van der Waals surface area contributed by atoms with E-state index in [0.29, 0.717) is 30.1 Å². The summed E-state index contributed by atoms with van der Waals surface area (Å²) in [6.45, 7) is 4.46. The molecule has 1 atom stereocenters. The van der Waals surface area contributed by atoms with E-state index in [4.69, 9.17) is 11.5 Å². The number of aryl methyl sites for hydroxylation is 1. The summed E-state index contributed by atoms with van der Waals surface area (Å²) < 4.78 is 0. The molecule has 1 aromatic rings. The molecule has 0 saturated carbocycles. The number of thiazole rings is 1. The normalized spacial score (nSPS) is 20.0. The zero-order chi connectivity index (χ0) is 18.4. The fourth-order valence-corrected chi connectivity index (χ4v) is 3.74. The Morgan fingerprint density at radius 3 is 2.64 bits per heavy atom. The molecular weight excluding hydrogens is 336 g/mol. The summed E-state index contributed by atoms with van der Waals surface area (Å²) in [4.78, 5) is 29.7. The molecule has 0 spiro atoms. The van der Waals surface area contributed by atoms with Crippen LogP contribution >= 0.6 is 11.3 Å². The molecule has 5 N–H and O–H groups in total. The van der Waals surface area contributed by atoms with Gasteiger partial charge in [-0.1, -0.05) is 30.6 Å². The van der Waals surface area contributed by atoms with Gasteiger partial charge in [0.1, 0.15) is 0 Å². The van der Waals surface area contributed by atoms with Crippen molar-refractivity contribution in [2.45, 2.75) is 46.0 Å². The summed E-state index contributed by atoms with van der Waals surface area (Å²) in [5, 5.41) is 3.38. The van der Waals surface area contributed by atoms with E-state index in [1.54, 1.807) is 18.3 Å². The lowest BCUT2D eigenvalue weighted by molar-refractivity contribution is -0.125. The average molecular weight is 362 g/mol. The first-order valence-electron chi connectivity index (χ1n) is 8.51. The lowest BCUT2D eigenvalue weighted by atomic mass is 9.72. The first-order chi connectivity index (χ1) is 11.9. The summed E-state index contributed by atoms with van der Waals surface area (Å²) in [5.74, 6) is -0.546. The molecule has 1 aliphatic carbocycles. The fourth-order valence-electron chi connectivity index (χ4n) is 3.08. The van der Waals surface area contributed by atoms with Crippen LogP contribution in [0.3, 0.4) is 0 Å². The number of anilines is 1. The third-order valence-corrected chi connectivity index (χ3v) is 5.34. The summed E-state index contributed by atoms with van der Waals surface area (Å²) in [5.41, 5.74) is 11.9. The Morgan fingerprint density at radius 2 is 2.08 bits per heavy atom. The van der Waals surface area contributed by atoms with Crippen LogP contribution in [0.5, 0.6) is 0 Å². The largest absolute Gasteiger partial charge is 0.369 e. The Hall–Kier alpha value is -1.99. The molecule has 6 nitrogen and oxygen atoms in total. The van der Waals surface area contributed by atoms with Gasteiger partial charge in [0.05, 0.1) is 5.41 Å². The SMILES string of the molecule is CC1=C(C(=O)Nc2ncc(C)s2)C=CC(CCCCCN)(C(N)=O)C1. The molecule has 1 aliphatic rings. The highest BCUT2D eigenvalue weighted by Gasteiger charge is 2.37. The van der Waals surface area contributed by atoms with E-state index in [0.717, 1.165) is 29.7 Å². The van der Waals surface area contributed by atoms with E-state index in [1.165, 1.54) is 11.3 Å². The van der Waals surface area contributed by atoms with Gasteiger partial charge in [-0.15, -0.1) is 11.3 Å². The van der Waals surface area contributed by atoms with Gasteiger partial charge in [-0.2, -0.15) is 0 Å². The van der Waals surface area contributed by atoms with Crippen LogP contribution in [-0.4, -0.2) is 23.3 Å². The van der Waals surface area contributed by atoms with Gasteiger partial charge < -0.3 is 11.5 Å². The molecule has 25 heavy (non-hydrogen) atoms. The predicted molar refractivity (Wildman–Crippen MR) is 101 cm³/mol. The number of hydrogen-bond acceptors (Lipinski definition) is 5. The van der Waals surface area contributed by atoms with Gasteiger partial charge in [0.15, 0.2) is 5.13 Å². The Labute approximate surface area is 152 Å². The Morgan fingerprint density at radius 1 is 1.32 bits per heavy atom. The summed E-state index contributed by atoms with van der Waals surface area (Å²) in [7, 11) is 0. The smallest absolute Gasteiger partial charge is 0.257 e. The quantitative estimate of drug-likeness (QED) is 0.617. The van der Waals surface area contributed by atoms with E-state index in [1.807, 2.05) is 13.8 Å². The number of aromatic nitrogens is 1. The number of amides is 2. The Kier molecular flexibility index (Phi) is 6.50. The monoisotopic (exact) mass is 362 g/mol. The number of allylic oxidation sites excluding steroid dienone is 1. The van der Waals surface area contributed by atoms with Gasteiger partial charge in [-0.25, -0.2) is 4.98 Å². The molecule has 0 aliphatic heterocycles. The minimum absolute atomic E-state index is 0.204. The number of hydrogen-bond donors (Lipinski definition) is 3. The van der Waals surface area contributed by atoms with Crippen LogP contribution < -0.4 is 16.8 Å². The van der Waals surface area contributed by atoms with Crippen molar-refractivity contribution in [2.24, 2.45) is 16.9 Å². The Balaban J connectivity index is 2.08. The molecule has 1 aromatic heterocycles. The molecular formula is C18H26N4O2S. The molecule has 0 radical (unpaired) electrons. The van der Waals surface area contributed by atoms with Gasteiger partial charge in [0, 0.05) is 16.6 Å². The van der Waals surface area contributed by atoms with Gasteiger partial charge in [0.2, 0.25) is 5.91 Å². The molecule has 0 bridgehead atoms. The molecule has 0 fully saturated rings. The van der Waals surface area contributed by atoms with Crippen molar-refractivity contribution >= 4 is 28.3 Å². The number of unbranched alkanes of at least 4 members (excludes halogenated alkanes) is 2. The van der Waals surface area contributed by atoms with Crippen molar-refractivity contribution in [1.82, 2.24) is 4.98 Å². The van der Waals surface area contributed by atoms with Crippen molar-refractivity contribution in [3.63, 3.8) is 0 Å². The number of rotatable bonds is 8. The van der Waals surface area contributed by atoms with Gasteiger partial charge >= 0.3 is 0 Å². The molecule has 2 amide bonds. The molecule has 1 heterocycles. The number of primary amides is 1. The predicted octanol–water partition coefficient (Wildman–Crippen LogP) is 2.66. The van der Waals surface area contributed by atoms with Crippen LogP contribution in [0.4, 0.5) is 5.13 Å². The number of carbonyl (C=O) groups is 2. The molecule has 0 saturated heterocycles. The zero-order valence-electron chi connectivity index (χ0n) is 14.8. The first kappa shape index (κ1) is 19.3.